The summed E-state index contributed by atoms with van der Waals surface area (Å²) >= 11 is 0. The van der Waals surface area contributed by atoms with Crippen molar-refractivity contribution in [1.82, 2.24) is 20.3 Å². The lowest BCUT2D eigenvalue weighted by molar-refractivity contribution is -0.122. The summed E-state index contributed by atoms with van der Waals surface area (Å²) in [5.74, 6) is 1.48. The van der Waals surface area contributed by atoms with Crippen LogP contribution in [0.15, 0.2) is 46.9 Å². The third-order valence-electron chi connectivity index (χ3n) is 5.24. The zero-order valence-corrected chi connectivity index (χ0v) is 15.3. The number of para-hydroxylation sites is 2. The van der Waals surface area contributed by atoms with Crippen molar-refractivity contribution in [2.24, 2.45) is 5.92 Å². The number of oxazole rings is 1. The van der Waals surface area contributed by atoms with E-state index in [0.29, 0.717) is 29.3 Å². The van der Waals surface area contributed by atoms with Crippen molar-refractivity contribution in [1.29, 1.82) is 0 Å². The van der Waals surface area contributed by atoms with E-state index in [-0.39, 0.29) is 23.7 Å². The highest BCUT2D eigenvalue weighted by molar-refractivity contribution is 5.78. The number of halogens is 1. The van der Waals surface area contributed by atoms with Gasteiger partial charge in [0.05, 0.1) is 11.0 Å². The molecule has 1 saturated carbocycles. The summed E-state index contributed by atoms with van der Waals surface area (Å²) in [6.07, 6.45) is 1.38. The van der Waals surface area contributed by atoms with Crippen LogP contribution < -0.4 is 5.32 Å². The fourth-order valence-electron chi connectivity index (χ4n) is 3.66. The molecule has 1 fully saturated rings. The van der Waals surface area contributed by atoms with Gasteiger partial charge in [-0.25, -0.2) is 14.4 Å². The molecule has 2 aromatic heterocycles. The lowest BCUT2D eigenvalue weighted by atomic mass is 10.2. The van der Waals surface area contributed by atoms with Crippen molar-refractivity contribution in [2.45, 2.75) is 31.7 Å². The van der Waals surface area contributed by atoms with Crippen molar-refractivity contribution in [2.75, 3.05) is 0 Å². The number of carbonyl (C=O) groups is 1. The monoisotopic (exact) mass is 378 g/mol. The first-order valence-corrected chi connectivity index (χ1v) is 9.37. The summed E-state index contributed by atoms with van der Waals surface area (Å²) in [4.78, 5) is 24.7. The van der Waals surface area contributed by atoms with Crippen LogP contribution in [0.1, 0.15) is 43.4 Å². The average Bonchev–Trinajstić information content (AvgIpc) is 3.12. The topological polar surface area (TPSA) is 83.8 Å². The maximum atomic E-state index is 13.3. The van der Waals surface area contributed by atoms with Gasteiger partial charge in [0.15, 0.2) is 5.58 Å². The molecule has 0 saturated heterocycles. The predicted molar refractivity (Wildman–Crippen MR) is 102 cm³/mol. The van der Waals surface area contributed by atoms with Crippen molar-refractivity contribution >= 4 is 28.0 Å². The first-order chi connectivity index (χ1) is 13.6. The molecule has 0 unspecified atom stereocenters. The SMILES string of the molecule is C[C@@H](NC(=O)C[C@@H]1C[C@@H]1c1nc2ccccc2[nH]1)c1nc2cc(F)ccc2o1. The summed E-state index contributed by atoms with van der Waals surface area (Å²) in [6, 6.07) is 11.7. The Morgan fingerprint density at radius 1 is 1.29 bits per heavy atom. The second kappa shape index (κ2) is 6.44. The summed E-state index contributed by atoms with van der Waals surface area (Å²) in [7, 11) is 0. The van der Waals surface area contributed by atoms with E-state index >= 15 is 0 Å². The predicted octanol–water partition coefficient (Wildman–Crippen LogP) is 4.21. The number of benzene rings is 2. The third-order valence-corrected chi connectivity index (χ3v) is 5.24. The summed E-state index contributed by atoms with van der Waals surface area (Å²) in [5, 5.41) is 2.92. The van der Waals surface area contributed by atoms with Crippen LogP contribution in [0, 0.1) is 11.7 Å². The van der Waals surface area contributed by atoms with E-state index in [0.717, 1.165) is 23.3 Å². The zero-order valence-electron chi connectivity index (χ0n) is 15.3. The van der Waals surface area contributed by atoms with Crippen molar-refractivity contribution in [3.05, 3.63) is 60.0 Å². The first-order valence-electron chi connectivity index (χ1n) is 9.37. The number of amides is 1. The van der Waals surface area contributed by atoms with E-state index in [1.165, 1.54) is 18.2 Å². The van der Waals surface area contributed by atoms with Crippen LogP contribution in [-0.4, -0.2) is 20.9 Å². The van der Waals surface area contributed by atoms with Gasteiger partial charge in [-0.15, -0.1) is 0 Å². The molecule has 2 heterocycles. The molecule has 3 atom stereocenters. The number of hydrogen-bond donors (Lipinski definition) is 2. The smallest absolute Gasteiger partial charge is 0.220 e. The van der Waals surface area contributed by atoms with Gasteiger partial charge < -0.3 is 14.7 Å². The molecule has 7 heteroatoms. The van der Waals surface area contributed by atoms with Crippen LogP contribution in [0.25, 0.3) is 22.1 Å². The van der Waals surface area contributed by atoms with E-state index in [9.17, 15) is 9.18 Å². The number of fused-ring (bicyclic) bond motifs is 2. The number of rotatable bonds is 5. The van der Waals surface area contributed by atoms with Crippen molar-refractivity contribution in [3.8, 4) is 0 Å². The molecule has 6 nitrogen and oxygen atoms in total. The van der Waals surface area contributed by atoms with Crippen LogP contribution in [0.3, 0.4) is 0 Å². The highest BCUT2D eigenvalue weighted by Gasteiger charge is 2.42. The van der Waals surface area contributed by atoms with E-state index in [1.807, 2.05) is 31.2 Å². The molecule has 28 heavy (non-hydrogen) atoms. The van der Waals surface area contributed by atoms with Gasteiger partial charge in [0.2, 0.25) is 11.8 Å². The average molecular weight is 378 g/mol. The minimum absolute atomic E-state index is 0.0513. The molecule has 0 spiro atoms. The van der Waals surface area contributed by atoms with E-state index < -0.39 is 0 Å². The molecule has 1 aliphatic carbocycles. The molecular formula is C21H19FN4O2. The Hall–Kier alpha value is -3.22. The second-order valence-electron chi connectivity index (χ2n) is 7.40. The number of carbonyl (C=O) groups excluding carboxylic acids is 1. The Labute approximate surface area is 160 Å². The third kappa shape index (κ3) is 3.13. The number of H-pyrrole nitrogens is 1. The van der Waals surface area contributed by atoms with Crippen LogP contribution >= 0.6 is 0 Å². The van der Waals surface area contributed by atoms with Crippen LogP contribution in [0.4, 0.5) is 4.39 Å². The maximum absolute atomic E-state index is 13.3. The molecular weight excluding hydrogens is 359 g/mol. The number of nitrogens with one attached hydrogen (secondary N) is 2. The molecule has 0 bridgehead atoms. The van der Waals surface area contributed by atoms with E-state index in [4.69, 9.17) is 4.42 Å². The summed E-state index contributed by atoms with van der Waals surface area (Å²) in [5.41, 5.74) is 2.93. The van der Waals surface area contributed by atoms with Gasteiger partial charge in [-0.05, 0) is 43.5 Å². The highest BCUT2D eigenvalue weighted by Crippen LogP contribution is 2.48. The van der Waals surface area contributed by atoms with E-state index in [1.54, 1.807) is 0 Å². The molecule has 0 aliphatic heterocycles. The summed E-state index contributed by atoms with van der Waals surface area (Å²) < 4.78 is 18.9. The van der Waals surface area contributed by atoms with Gasteiger partial charge in [-0.1, -0.05) is 12.1 Å². The minimum atomic E-state index is -0.383. The van der Waals surface area contributed by atoms with Crippen LogP contribution in [0.5, 0.6) is 0 Å². The normalized spacial score (nSPS) is 19.8. The zero-order chi connectivity index (χ0) is 19.3. The number of imidazole rings is 1. The second-order valence-corrected chi connectivity index (χ2v) is 7.40. The molecule has 2 aromatic carbocycles. The van der Waals surface area contributed by atoms with Crippen LogP contribution in [-0.2, 0) is 4.79 Å². The minimum Gasteiger partial charge on any atom is -0.438 e. The molecule has 1 amide bonds. The lowest BCUT2D eigenvalue weighted by Gasteiger charge is -2.10. The number of nitrogens with zero attached hydrogens (tertiary/aromatic N) is 2. The molecule has 4 aromatic rings. The molecule has 142 valence electrons. The number of hydrogen-bond acceptors (Lipinski definition) is 4. The van der Waals surface area contributed by atoms with Crippen molar-refractivity contribution in [3.63, 3.8) is 0 Å². The molecule has 2 N–H and O–H groups in total. The van der Waals surface area contributed by atoms with Gasteiger partial charge in [0, 0.05) is 18.4 Å². The standard InChI is InChI=1S/C21H19FN4O2/c1-11(21-26-17-10-13(22)6-7-18(17)28-21)23-19(27)9-12-8-14(12)20-24-15-4-2-3-5-16(15)25-20/h2-7,10-12,14H,8-9H2,1H3,(H,23,27)(H,24,25)/t11-,12+,14+/m1/s1. The number of aromatic amines is 1. The Bertz CT molecular complexity index is 1150. The largest absolute Gasteiger partial charge is 0.438 e. The van der Waals surface area contributed by atoms with Gasteiger partial charge in [-0.3, -0.25) is 4.79 Å². The highest BCUT2D eigenvalue weighted by atomic mass is 19.1. The Morgan fingerprint density at radius 2 is 2.14 bits per heavy atom. The van der Waals surface area contributed by atoms with Gasteiger partial charge in [0.25, 0.3) is 0 Å². The summed E-state index contributed by atoms with van der Waals surface area (Å²) in [6.45, 7) is 1.81. The number of aromatic nitrogens is 3. The maximum Gasteiger partial charge on any atom is 0.220 e. The Balaban J connectivity index is 1.21. The van der Waals surface area contributed by atoms with E-state index in [2.05, 4.69) is 20.3 Å². The van der Waals surface area contributed by atoms with Crippen molar-refractivity contribution < 1.29 is 13.6 Å². The van der Waals surface area contributed by atoms with Crippen LogP contribution in [0.2, 0.25) is 0 Å². The Morgan fingerprint density at radius 3 is 3.00 bits per heavy atom. The first kappa shape index (κ1) is 16.9. The lowest BCUT2D eigenvalue weighted by Crippen LogP contribution is -2.27. The van der Waals surface area contributed by atoms with Gasteiger partial charge >= 0.3 is 0 Å². The quantitative estimate of drug-likeness (QED) is 0.545. The fourth-order valence-corrected chi connectivity index (χ4v) is 3.66. The molecule has 1 aliphatic rings. The van der Waals surface area contributed by atoms with Gasteiger partial charge in [0.1, 0.15) is 23.2 Å². The Kier molecular flexibility index (Phi) is 3.89. The van der Waals surface area contributed by atoms with Gasteiger partial charge in [-0.2, -0.15) is 0 Å². The fraction of sp³-hybridized carbons (Fsp3) is 0.286. The molecule has 0 radical (unpaired) electrons. The molecule has 5 rings (SSSR count).